The Bertz CT molecular complexity index is 177. The average molecular weight is 166 g/mol. The molecule has 12 heavy (non-hydrogen) atoms. The number of hydrogen-bond donors (Lipinski definition) is 1. The molecule has 1 saturated carbocycles. The van der Waals surface area contributed by atoms with Gasteiger partial charge < -0.3 is 5.73 Å². The van der Waals surface area contributed by atoms with E-state index in [2.05, 4.69) is 17.1 Å². The Labute approximate surface area is 74.4 Å². The van der Waals surface area contributed by atoms with Crippen molar-refractivity contribution in [2.75, 3.05) is 19.6 Å². The number of rotatable bonds is 3. The van der Waals surface area contributed by atoms with Crippen LogP contribution in [0.1, 0.15) is 19.3 Å². The van der Waals surface area contributed by atoms with Gasteiger partial charge in [-0.25, -0.2) is 0 Å². The van der Waals surface area contributed by atoms with Crippen LogP contribution in [0.2, 0.25) is 0 Å². The first-order valence-electron chi connectivity index (χ1n) is 4.99. The van der Waals surface area contributed by atoms with Crippen molar-refractivity contribution in [2.24, 2.45) is 11.7 Å². The standard InChI is InChI=1S/C10H18N2/c11-5-1-2-6-12-8-9-3-4-10(12)7-9/h1-2,9-10H,3-8,11H2. The third-order valence-corrected chi connectivity index (χ3v) is 3.17. The smallest absolute Gasteiger partial charge is 0.0166 e. The van der Waals surface area contributed by atoms with E-state index in [1.807, 2.05) is 0 Å². The lowest BCUT2D eigenvalue weighted by molar-refractivity contribution is 0.236. The van der Waals surface area contributed by atoms with Gasteiger partial charge in [-0.2, -0.15) is 0 Å². The van der Waals surface area contributed by atoms with Crippen molar-refractivity contribution >= 4 is 0 Å². The lowest BCUT2D eigenvalue weighted by atomic mass is 10.1. The van der Waals surface area contributed by atoms with E-state index in [0.717, 1.165) is 18.5 Å². The molecule has 0 radical (unpaired) electrons. The predicted molar refractivity (Wildman–Crippen MR) is 50.9 cm³/mol. The summed E-state index contributed by atoms with van der Waals surface area (Å²) in [6, 6.07) is 0.900. The second kappa shape index (κ2) is 3.58. The summed E-state index contributed by atoms with van der Waals surface area (Å²) in [6.45, 7) is 3.14. The molecule has 2 rings (SSSR count). The number of likely N-dealkylation sites (tertiary alicyclic amines) is 1. The van der Waals surface area contributed by atoms with Gasteiger partial charge in [-0.05, 0) is 25.2 Å². The van der Waals surface area contributed by atoms with Gasteiger partial charge in [-0.15, -0.1) is 0 Å². The van der Waals surface area contributed by atoms with Crippen molar-refractivity contribution in [1.29, 1.82) is 0 Å². The Hall–Kier alpha value is -0.340. The van der Waals surface area contributed by atoms with Crippen molar-refractivity contribution < 1.29 is 0 Å². The zero-order valence-electron chi connectivity index (χ0n) is 7.58. The summed E-state index contributed by atoms with van der Waals surface area (Å²) < 4.78 is 0. The van der Waals surface area contributed by atoms with Crippen molar-refractivity contribution in [3.63, 3.8) is 0 Å². The average Bonchev–Trinajstić information content (AvgIpc) is 2.65. The molecule has 1 aliphatic carbocycles. The summed E-state index contributed by atoms with van der Waals surface area (Å²) in [5.74, 6) is 1.02. The molecule has 2 atom stereocenters. The minimum atomic E-state index is 0.682. The topological polar surface area (TPSA) is 29.3 Å². The molecule has 68 valence electrons. The highest BCUT2D eigenvalue weighted by Gasteiger charge is 2.36. The summed E-state index contributed by atoms with van der Waals surface area (Å²) in [4.78, 5) is 2.60. The second-order valence-electron chi connectivity index (χ2n) is 3.99. The molecule has 0 spiro atoms. The van der Waals surface area contributed by atoms with Gasteiger partial charge in [0, 0.05) is 25.7 Å². The first kappa shape index (κ1) is 8.27. The lowest BCUT2D eigenvalue weighted by Gasteiger charge is -2.25. The van der Waals surface area contributed by atoms with E-state index < -0.39 is 0 Å². The summed E-state index contributed by atoms with van der Waals surface area (Å²) in [6.07, 6.45) is 8.63. The molecule has 2 aliphatic rings. The van der Waals surface area contributed by atoms with Crippen molar-refractivity contribution in [1.82, 2.24) is 4.90 Å². The Morgan fingerprint density at radius 2 is 2.25 bits per heavy atom. The van der Waals surface area contributed by atoms with Gasteiger partial charge in [0.1, 0.15) is 0 Å². The third kappa shape index (κ3) is 1.54. The SMILES string of the molecule is NCC=CCN1CC2CCC1C2. The number of fused-ring (bicyclic) bond motifs is 2. The Morgan fingerprint density at radius 1 is 1.33 bits per heavy atom. The first-order valence-corrected chi connectivity index (χ1v) is 4.99. The summed E-state index contributed by atoms with van der Waals surface area (Å²) in [7, 11) is 0. The molecule has 0 amide bonds. The summed E-state index contributed by atoms with van der Waals surface area (Å²) >= 11 is 0. The molecule has 2 bridgehead atoms. The molecular weight excluding hydrogens is 148 g/mol. The number of hydrogen-bond acceptors (Lipinski definition) is 2. The fourth-order valence-corrected chi connectivity index (χ4v) is 2.56. The maximum Gasteiger partial charge on any atom is 0.0166 e. The molecular formula is C10H18N2. The quantitative estimate of drug-likeness (QED) is 0.633. The van der Waals surface area contributed by atoms with Gasteiger partial charge in [-0.3, -0.25) is 4.90 Å². The molecule has 0 aromatic rings. The molecule has 1 heterocycles. The summed E-state index contributed by atoms with van der Waals surface area (Å²) in [5.41, 5.74) is 5.38. The van der Waals surface area contributed by atoms with Crippen LogP contribution in [0.4, 0.5) is 0 Å². The Balaban J connectivity index is 1.79. The van der Waals surface area contributed by atoms with E-state index in [1.54, 1.807) is 0 Å². The van der Waals surface area contributed by atoms with E-state index in [4.69, 9.17) is 5.73 Å². The highest BCUT2D eigenvalue weighted by Crippen LogP contribution is 2.36. The van der Waals surface area contributed by atoms with Crippen LogP contribution >= 0.6 is 0 Å². The highest BCUT2D eigenvalue weighted by atomic mass is 15.2. The fourth-order valence-electron chi connectivity index (χ4n) is 2.56. The van der Waals surface area contributed by atoms with Crippen LogP contribution in [-0.2, 0) is 0 Å². The number of piperidine rings is 1. The monoisotopic (exact) mass is 166 g/mol. The highest BCUT2D eigenvalue weighted by molar-refractivity contribution is 4.96. The van der Waals surface area contributed by atoms with Gasteiger partial charge in [0.05, 0.1) is 0 Å². The van der Waals surface area contributed by atoms with Crippen molar-refractivity contribution in [3.05, 3.63) is 12.2 Å². The van der Waals surface area contributed by atoms with Gasteiger partial charge in [0.15, 0.2) is 0 Å². The van der Waals surface area contributed by atoms with E-state index in [1.165, 1.54) is 25.8 Å². The van der Waals surface area contributed by atoms with Crippen LogP contribution in [0.25, 0.3) is 0 Å². The maximum absolute atomic E-state index is 5.38. The molecule has 2 fully saturated rings. The molecule has 2 unspecified atom stereocenters. The van der Waals surface area contributed by atoms with Gasteiger partial charge in [0.25, 0.3) is 0 Å². The maximum atomic E-state index is 5.38. The van der Waals surface area contributed by atoms with Crippen LogP contribution in [0.3, 0.4) is 0 Å². The largest absolute Gasteiger partial charge is 0.327 e. The van der Waals surface area contributed by atoms with Gasteiger partial charge >= 0.3 is 0 Å². The number of nitrogens with zero attached hydrogens (tertiary/aromatic N) is 1. The molecule has 2 N–H and O–H groups in total. The molecule has 1 aliphatic heterocycles. The van der Waals surface area contributed by atoms with Crippen LogP contribution in [0, 0.1) is 5.92 Å². The summed E-state index contributed by atoms with van der Waals surface area (Å²) in [5, 5.41) is 0. The predicted octanol–water partition coefficient (Wildman–Crippen LogP) is 0.986. The second-order valence-corrected chi connectivity index (χ2v) is 3.99. The van der Waals surface area contributed by atoms with Crippen LogP contribution in [0.15, 0.2) is 12.2 Å². The zero-order chi connectivity index (χ0) is 8.39. The molecule has 0 aromatic heterocycles. The fraction of sp³-hybridized carbons (Fsp3) is 0.800. The van der Waals surface area contributed by atoms with Crippen LogP contribution in [0.5, 0.6) is 0 Å². The van der Waals surface area contributed by atoms with Crippen LogP contribution in [-0.4, -0.2) is 30.6 Å². The molecule has 1 saturated heterocycles. The van der Waals surface area contributed by atoms with Gasteiger partial charge in [0.2, 0.25) is 0 Å². The van der Waals surface area contributed by atoms with E-state index in [0.29, 0.717) is 6.54 Å². The third-order valence-electron chi connectivity index (χ3n) is 3.17. The molecule has 0 aromatic carbocycles. The molecule has 2 heteroatoms. The Morgan fingerprint density at radius 3 is 2.83 bits per heavy atom. The van der Waals surface area contributed by atoms with E-state index in [9.17, 15) is 0 Å². The lowest BCUT2D eigenvalue weighted by Crippen LogP contribution is -2.32. The molecule has 2 nitrogen and oxygen atoms in total. The Kier molecular flexibility index (Phi) is 2.47. The van der Waals surface area contributed by atoms with E-state index in [-0.39, 0.29) is 0 Å². The van der Waals surface area contributed by atoms with Crippen molar-refractivity contribution in [3.8, 4) is 0 Å². The minimum absolute atomic E-state index is 0.682. The van der Waals surface area contributed by atoms with Crippen molar-refractivity contribution in [2.45, 2.75) is 25.3 Å². The van der Waals surface area contributed by atoms with Gasteiger partial charge in [-0.1, -0.05) is 12.2 Å². The first-order chi connectivity index (χ1) is 5.90. The zero-order valence-corrected chi connectivity index (χ0v) is 7.58. The van der Waals surface area contributed by atoms with E-state index >= 15 is 0 Å². The van der Waals surface area contributed by atoms with Crippen LogP contribution < -0.4 is 5.73 Å². The number of nitrogens with two attached hydrogens (primary N) is 1. The normalized spacial score (nSPS) is 35.4. The minimum Gasteiger partial charge on any atom is -0.327 e.